The van der Waals surface area contributed by atoms with Gasteiger partial charge in [0.25, 0.3) is 12.4 Å². The second kappa shape index (κ2) is 11.8. The van der Waals surface area contributed by atoms with E-state index in [4.69, 9.17) is 32.0 Å². The molecule has 0 atom stereocenters. The van der Waals surface area contributed by atoms with E-state index >= 15 is 0 Å². The number of carbonyl (C=O) groups excluding carboxylic acids is 2. The van der Waals surface area contributed by atoms with Crippen molar-refractivity contribution in [1.29, 1.82) is 0 Å². The summed E-state index contributed by atoms with van der Waals surface area (Å²) in [6.45, 7) is 1.01. The molecule has 11 heteroatoms. The number of nitrogens with zero attached hydrogens (tertiary/aromatic N) is 3. The Balaban J connectivity index is 0.00000103. The summed E-state index contributed by atoms with van der Waals surface area (Å²) in [6, 6.07) is 16.5. The molecule has 0 radical (unpaired) electrons. The molecule has 1 saturated heterocycles. The van der Waals surface area contributed by atoms with E-state index in [-0.39, 0.29) is 37.2 Å². The zero-order chi connectivity index (χ0) is 24.5. The summed E-state index contributed by atoms with van der Waals surface area (Å²) in [4.78, 5) is 34.2. The van der Waals surface area contributed by atoms with Crippen molar-refractivity contribution in [2.24, 2.45) is 5.73 Å². The summed E-state index contributed by atoms with van der Waals surface area (Å²) in [5.74, 6) is 0.188. The lowest BCUT2D eigenvalue weighted by atomic mass is 10.1. The first-order chi connectivity index (χ1) is 16.5. The molecular formula is C23H24ClN5O5. The van der Waals surface area contributed by atoms with Crippen LogP contribution in [0, 0.1) is 0 Å². The average molecular weight is 486 g/mol. The molecule has 3 aromatic rings. The van der Waals surface area contributed by atoms with Crippen LogP contribution in [0.5, 0.6) is 5.75 Å². The molecule has 0 aliphatic carbocycles. The molecule has 178 valence electrons. The smallest absolute Gasteiger partial charge is 0.290 e. The van der Waals surface area contributed by atoms with Gasteiger partial charge in [0.2, 0.25) is 5.91 Å². The van der Waals surface area contributed by atoms with Crippen molar-refractivity contribution in [2.45, 2.75) is 6.42 Å². The third kappa shape index (κ3) is 6.12. The monoisotopic (exact) mass is 485 g/mol. The van der Waals surface area contributed by atoms with E-state index in [1.807, 2.05) is 36.4 Å². The Morgan fingerprint density at radius 3 is 2.68 bits per heavy atom. The number of rotatable bonds is 7. The van der Waals surface area contributed by atoms with Crippen molar-refractivity contribution in [3.05, 3.63) is 65.3 Å². The number of nitrogens with two attached hydrogens (primary N) is 1. The zero-order valence-corrected chi connectivity index (χ0v) is 18.9. The highest BCUT2D eigenvalue weighted by Crippen LogP contribution is 2.28. The van der Waals surface area contributed by atoms with Crippen LogP contribution in [0.3, 0.4) is 0 Å². The largest absolute Gasteiger partial charge is 0.494 e. The van der Waals surface area contributed by atoms with E-state index in [0.717, 1.165) is 12.0 Å². The number of ether oxygens (including phenoxy) is 1. The number of carboxylic acid groups (broad SMARTS) is 1. The van der Waals surface area contributed by atoms with Crippen LogP contribution in [0.2, 0.25) is 5.02 Å². The molecule has 1 fully saturated rings. The number of hydrogen-bond donors (Lipinski definition) is 3. The Hall–Kier alpha value is -3.89. The zero-order valence-electron chi connectivity index (χ0n) is 18.2. The topological polar surface area (TPSA) is 140 Å². The van der Waals surface area contributed by atoms with Crippen LogP contribution < -0.4 is 15.8 Å². The molecule has 0 spiro atoms. The normalized spacial score (nSPS) is 12.5. The van der Waals surface area contributed by atoms with E-state index in [9.17, 15) is 9.59 Å². The predicted octanol–water partition coefficient (Wildman–Crippen LogP) is 2.15. The van der Waals surface area contributed by atoms with Gasteiger partial charge in [-0.25, -0.2) is 4.68 Å². The summed E-state index contributed by atoms with van der Waals surface area (Å²) in [6.07, 6.45) is 0.756. The Bertz CT molecular complexity index is 1170. The molecule has 4 rings (SSSR count). The molecule has 1 aliphatic rings. The van der Waals surface area contributed by atoms with E-state index < -0.39 is 0 Å². The number of carbonyl (C=O) groups is 3. The average Bonchev–Trinajstić information content (AvgIpc) is 3.47. The molecule has 0 unspecified atom stereocenters. The van der Waals surface area contributed by atoms with Crippen LogP contribution in [0.25, 0.3) is 16.9 Å². The fraction of sp³-hybridized carbons (Fsp3) is 0.217. The van der Waals surface area contributed by atoms with Crippen LogP contribution in [0.4, 0.5) is 0 Å². The van der Waals surface area contributed by atoms with Crippen molar-refractivity contribution >= 4 is 29.9 Å². The van der Waals surface area contributed by atoms with Crippen molar-refractivity contribution in [3.63, 3.8) is 0 Å². The lowest BCUT2D eigenvalue weighted by molar-refractivity contribution is -0.123. The van der Waals surface area contributed by atoms with Gasteiger partial charge in [-0.05, 0) is 49.4 Å². The van der Waals surface area contributed by atoms with Gasteiger partial charge in [-0.3, -0.25) is 14.4 Å². The molecule has 0 bridgehead atoms. The van der Waals surface area contributed by atoms with Crippen LogP contribution in [0.15, 0.2) is 54.6 Å². The highest BCUT2D eigenvalue weighted by Gasteiger charge is 2.27. The molecule has 4 N–H and O–H groups in total. The van der Waals surface area contributed by atoms with E-state index in [0.29, 0.717) is 35.3 Å². The van der Waals surface area contributed by atoms with Crippen molar-refractivity contribution in [2.75, 3.05) is 26.4 Å². The number of amides is 2. The van der Waals surface area contributed by atoms with Gasteiger partial charge in [-0.1, -0.05) is 29.8 Å². The lowest BCUT2D eigenvalue weighted by Crippen LogP contribution is -2.30. The van der Waals surface area contributed by atoms with Crippen LogP contribution >= 0.6 is 11.6 Å². The molecule has 0 saturated carbocycles. The van der Waals surface area contributed by atoms with E-state index in [1.54, 1.807) is 22.9 Å². The summed E-state index contributed by atoms with van der Waals surface area (Å²) in [5.41, 5.74) is 8.02. The van der Waals surface area contributed by atoms with Crippen LogP contribution in [0.1, 0.15) is 16.9 Å². The van der Waals surface area contributed by atoms with Crippen molar-refractivity contribution in [1.82, 2.24) is 20.0 Å². The third-order valence-electron chi connectivity index (χ3n) is 4.82. The van der Waals surface area contributed by atoms with Gasteiger partial charge in [-0.15, -0.1) is 0 Å². The molecule has 1 aromatic heterocycles. The molecule has 2 heterocycles. The van der Waals surface area contributed by atoms with Gasteiger partial charge in [0.1, 0.15) is 12.3 Å². The maximum Gasteiger partial charge on any atom is 0.290 e. The fourth-order valence-corrected chi connectivity index (χ4v) is 3.47. The van der Waals surface area contributed by atoms with E-state index in [2.05, 4.69) is 10.4 Å². The molecule has 34 heavy (non-hydrogen) atoms. The highest BCUT2D eigenvalue weighted by molar-refractivity contribution is 6.30. The summed E-state index contributed by atoms with van der Waals surface area (Å²) in [5, 5.41) is 14.6. The van der Waals surface area contributed by atoms with Crippen molar-refractivity contribution in [3.8, 4) is 22.7 Å². The fourth-order valence-electron chi connectivity index (χ4n) is 3.29. The molecular weight excluding hydrogens is 462 g/mol. The van der Waals surface area contributed by atoms with Gasteiger partial charge in [-0.2, -0.15) is 5.10 Å². The lowest BCUT2D eigenvalue weighted by Gasteiger charge is -2.11. The van der Waals surface area contributed by atoms with E-state index in [1.165, 1.54) is 4.90 Å². The molecule has 2 amide bonds. The highest BCUT2D eigenvalue weighted by atomic mass is 35.5. The summed E-state index contributed by atoms with van der Waals surface area (Å²) >= 11 is 6.19. The second-order valence-corrected chi connectivity index (χ2v) is 7.63. The van der Waals surface area contributed by atoms with Gasteiger partial charge in [0.05, 0.1) is 24.7 Å². The van der Waals surface area contributed by atoms with Gasteiger partial charge >= 0.3 is 0 Å². The SMILES string of the molecule is NCCCOc1cccc(-c2cc(C(=O)N3CNC(=O)C3)nn2-c2cccc(Cl)c2)c1.O=CO. The standard InChI is InChI=1S/C22H22ClN5O3.CH2O2/c23-16-5-2-6-17(11-16)28-20(15-4-1-7-18(10-15)31-9-3-8-24)12-19(26-28)22(30)27-13-21(29)25-14-27;2-1-3/h1-2,4-7,10-12H,3,8-9,13-14,24H2,(H,25,29);1H,(H,2,3). The minimum Gasteiger partial charge on any atom is -0.494 e. The first-order valence-electron chi connectivity index (χ1n) is 10.4. The second-order valence-electron chi connectivity index (χ2n) is 7.19. The predicted molar refractivity (Wildman–Crippen MR) is 126 cm³/mol. The number of halogens is 1. The maximum absolute atomic E-state index is 12.9. The van der Waals surface area contributed by atoms with Gasteiger partial charge in [0.15, 0.2) is 5.69 Å². The molecule has 2 aromatic carbocycles. The first kappa shape index (κ1) is 24.7. The number of benzene rings is 2. The number of hydrogen-bond acceptors (Lipinski definition) is 6. The Kier molecular flexibility index (Phi) is 8.60. The number of aromatic nitrogens is 2. The Morgan fingerprint density at radius 1 is 1.24 bits per heavy atom. The van der Waals surface area contributed by atoms with Crippen LogP contribution in [-0.2, 0) is 9.59 Å². The van der Waals surface area contributed by atoms with Gasteiger partial charge < -0.3 is 25.8 Å². The first-order valence-corrected chi connectivity index (χ1v) is 10.8. The van der Waals surface area contributed by atoms with Crippen molar-refractivity contribution < 1.29 is 24.2 Å². The van der Waals surface area contributed by atoms with Crippen LogP contribution in [-0.4, -0.2) is 64.4 Å². The summed E-state index contributed by atoms with van der Waals surface area (Å²) < 4.78 is 7.44. The Morgan fingerprint density at radius 2 is 2.00 bits per heavy atom. The maximum atomic E-state index is 12.9. The Labute approximate surface area is 200 Å². The summed E-state index contributed by atoms with van der Waals surface area (Å²) in [7, 11) is 0. The minimum absolute atomic E-state index is 0.0165. The third-order valence-corrected chi connectivity index (χ3v) is 5.05. The minimum atomic E-state index is -0.323. The quantitative estimate of drug-likeness (QED) is 0.344. The number of nitrogens with one attached hydrogen (secondary N) is 1. The van der Waals surface area contributed by atoms with Gasteiger partial charge in [0, 0.05) is 10.6 Å². The molecule has 10 nitrogen and oxygen atoms in total. The molecule has 1 aliphatic heterocycles.